The molecule has 25 heavy (non-hydrogen) atoms. The summed E-state index contributed by atoms with van der Waals surface area (Å²) in [6.45, 7) is 0.158. The Hall–Kier alpha value is -2.93. The molecule has 0 atom stereocenters. The number of ether oxygens (including phenoxy) is 2. The molecule has 0 radical (unpaired) electrons. The molecule has 6 nitrogen and oxygen atoms in total. The first-order valence-electron chi connectivity index (χ1n) is 7.59. The van der Waals surface area contributed by atoms with E-state index in [1.165, 1.54) is 5.01 Å². The first-order valence-corrected chi connectivity index (χ1v) is 8.00. The van der Waals surface area contributed by atoms with Crippen LogP contribution in [0.2, 0.25) is 0 Å². The van der Waals surface area contributed by atoms with Crippen molar-refractivity contribution in [1.82, 2.24) is 5.01 Å². The minimum absolute atomic E-state index is 0.158. The Bertz CT molecular complexity index is 803. The summed E-state index contributed by atoms with van der Waals surface area (Å²) in [7, 11) is 3.22. The number of thiocarbonyl (C=S) groups is 1. The molecule has 1 amide bonds. The predicted molar refractivity (Wildman–Crippen MR) is 100 cm³/mol. The van der Waals surface area contributed by atoms with Gasteiger partial charge >= 0.3 is 0 Å². The van der Waals surface area contributed by atoms with E-state index in [-0.39, 0.29) is 12.5 Å². The van der Waals surface area contributed by atoms with Gasteiger partial charge in [0.05, 0.1) is 20.4 Å². The van der Waals surface area contributed by atoms with Crippen LogP contribution in [0.3, 0.4) is 0 Å². The maximum absolute atomic E-state index is 12.3. The van der Waals surface area contributed by atoms with E-state index in [2.05, 4.69) is 5.10 Å². The number of hydrogen-bond acceptors (Lipinski definition) is 5. The lowest BCUT2D eigenvalue weighted by molar-refractivity contribution is -0.124. The van der Waals surface area contributed by atoms with E-state index in [1.54, 1.807) is 25.3 Å². The number of benzene rings is 2. The van der Waals surface area contributed by atoms with Crippen LogP contribution in [0.4, 0.5) is 5.69 Å². The van der Waals surface area contributed by atoms with E-state index in [0.717, 1.165) is 22.7 Å². The largest absolute Gasteiger partial charge is 0.497 e. The van der Waals surface area contributed by atoms with Gasteiger partial charge in [0.15, 0.2) is 0 Å². The van der Waals surface area contributed by atoms with Gasteiger partial charge in [0.2, 0.25) is 5.11 Å². The lowest BCUT2D eigenvalue weighted by Crippen LogP contribution is -2.29. The fourth-order valence-corrected chi connectivity index (χ4v) is 2.70. The third-order valence-corrected chi connectivity index (χ3v) is 4.16. The van der Waals surface area contributed by atoms with Crippen LogP contribution in [0.5, 0.6) is 11.5 Å². The highest BCUT2D eigenvalue weighted by molar-refractivity contribution is 7.80. The maximum Gasteiger partial charge on any atom is 0.269 e. The van der Waals surface area contributed by atoms with Gasteiger partial charge in [-0.05, 0) is 66.3 Å². The third kappa shape index (κ3) is 3.61. The molecule has 1 aliphatic heterocycles. The number of carbonyl (C=O) groups excluding carboxylic acids is 1. The van der Waals surface area contributed by atoms with E-state index >= 15 is 0 Å². The molecule has 128 valence electrons. The molecule has 1 fully saturated rings. The highest BCUT2D eigenvalue weighted by Gasteiger charge is 2.33. The van der Waals surface area contributed by atoms with Crippen LogP contribution in [0.25, 0.3) is 0 Å². The number of amides is 1. The lowest BCUT2D eigenvalue weighted by Gasteiger charge is -2.17. The van der Waals surface area contributed by atoms with E-state index in [1.807, 2.05) is 48.5 Å². The summed E-state index contributed by atoms with van der Waals surface area (Å²) in [6.07, 6.45) is 1.60. The van der Waals surface area contributed by atoms with E-state index in [9.17, 15) is 4.79 Å². The smallest absolute Gasteiger partial charge is 0.269 e. The number of carbonyl (C=O) groups is 1. The summed E-state index contributed by atoms with van der Waals surface area (Å²) in [4.78, 5) is 14.0. The van der Waals surface area contributed by atoms with Crippen LogP contribution in [0.15, 0.2) is 53.6 Å². The number of methoxy groups -OCH3 is 2. The van der Waals surface area contributed by atoms with Crippen LogP contribution >= 0.6 is 12.2 Å². The van der Waals surface area contributed by atoms with Gasteiger partial charge < -0.3 is 14.4 Å². The van der Waals surface area contributed by atoms with Crippen molar-refractivity contribution in [1.29, 1.82) is 0 Å². The zero-order chi connectivity index (χ0) is 17.8. The number of nitrogens with zero attached hydrogens (tertiary/aromatic N) is 3. The molecular weight excluding hydrogens is 338 g/mol. The molecule has 1 saturated heterocycles. The molecule has 3 rings (SSSR count). The van der Waals surface area contributed by atoms with Crippen LogP contribution in [-0.2, 0) is 4.79 Å². The van der Waals surface area contributed by atoms with Crippen molar-refractivity contribution in [2.75, 3.05) is 25.7 Å². The zero-order valence-electron chi connectivity index (χ0n) is 13.9. The maximum atomic E-state index is 12.3. The fraction of sp³-hybridized carbons (Fsp3) is 0.167. The third-order valence-electron chi connectivity index (χ3n) is 3.76. The Morgan fingerprint density at radius 2 is 1.56 bits per heavy atom. The summed E-state index contributed by atoms with van der Waals surface area (Å²) in [6, 6.07) is 14.7. The first kappa shape index (κ1) is 16.9. The molecule has 0 bridgehead atoms. The number of hydrogen-bond donors (Lipinski definition) is 0. The Balaban J connectivity index is 1.74. The number of anilines is 1. The van der Waals surface area contributed by atoms with E-state index in [4.69, 9.17) is 21.7 Å². The normalized spacial score (nSPS) is 14.5. The molecule has 0 aromatic heterocycles. The highest BCUT2D eigenvalue weighted by Crippen LogP contribution is 2.24. The van der Waals surface area contributed by atoms with Gasteiger partial charge in [-0.15, -0.1) is 0 Å². The second-order valence-electron chi connectivity index (χ2n) is 5.29. The summed E-state index contributed by atoms with van der Waals surface area (Å²) in [5.74, 6) is 1.33. The number of hydrazone groups is 1. The minimum atomic E-state index is -0.175. The Kier molecular flexibility index (Phi) is 4.95. The summed E-state index contributed by atoms with van der Waals surface area (Å²) < 4.78 is 10.3. The van der Waals surface area contributed by atoms with E-state index in [0.29, 0.717) is 5.11 Å². The molecule has 0 aliphatic carbocycles. The SMILES string of the molecule is COc1ccc(/C=N\N2C(=O)CN(c3ccc(OC)cc3)C2=S)cc1. The fourth-order valence-electron chi connectivity index (χ4n) is 2.38. The predicted octanol–water partition coefficient (Wildman–Crippen LogP) is 2.67. The Morgan fingerprint density at radius 1 is 1.00 bits per heavy atom. The van der Waals surface area contributed by atoms with Gasteiger partial charge in [0.1, 0.15) is 18.0 Å². The zero-order valence-corrected chi connectivity index (χ0v) is 14.7. The molecule has 0 N–H and O–H groups in total. The van der Waals surface area contributed by atoms with Crippen molar-refractivity contribution in [3.05, 3.63) is 54.1 Å². The van der Waals surface area contributed by atoms with E-state index < -0.39 is 0 Å². The van der Waals surface area contributed by atoms with Gasteiger partial charge in [-0.3, -0.25) is 4.79 Å². The molecule has 0 spiro atoms. The standard InChI is InChI=1S/C18H17N3O3S/c1-23-15-7-3-13(4-8-15)11-19-21-17(22)12-20(18(21)25)14-5-9-16(24-2)10-6-14/h3-11H,12H2,1-2H3/b19-11-. The highest BCUT2D eigenvalue weighted by atomic mass is 32.1. The Morgan fingerprint density at radius 3 is 2.12 bits per heavy atom. The molecule has 2 aromatic rings. The molecule has 0 saturated carbocycles. The van der Waals surface area contributed by atoms with Gasteiger partial charge in [0.25, 0.3) is 5.91 Å². The van der Waals surface area contributed by atoms with Crippen molar-refractivity contribution >= 4 is 35.1 Å². The quantitative estimate of drug-likeness (QED) is 0.610. The van der Waals surface area contributed by atoms with Crippen molar-refractivity contribution in [3.63, 3.8) is 0 Å². The molecule has 2 aromatic carbocycles. The molecular formula is C18H17N3O3S. The van der Waals surface area contributed by atoms with Crippen LogP contribution in [0, 0.1) is 0 Å². The summed E-state index contributed by atoms with van der Waals surface area (Å²) >= 11 is 5.40. The molecule has 7 heteroatoms. The van der Waals surface area contributed by atoms with Crippen LogP contribution in [-0.4, -0.2) is 43.0 Å². The van der Waals surface area contributed by atoms with Crippen molar-refractivity contribution in [2.45, 2.75) is 0 Å². The molecule has 1 aliphatic rings. The Labute approximate surface area is 151 Å². The lowest BCUT2D eigenvalue weighted by atomic mass is 10.2. The molecule has 1 heterocycles. The van der Waals surface area contributed by atoms with Gasteiger partial charge in [0, 0.05) is 5.69 Å². The van der Waals surface area contributed by atoms with Crippen LogP contribution < -0.4 is 14.4 Å². The minimum Gasteiger partial charge on any atom is -0.497 e. The van der Waals surface area contributed by atoms with Gasteiger partial charge in [-0.2, -0.15) is 10.1 Å². The first-order chi connectivity index (χ1) is 12.1. The summed E-state index contributed by atoms with van der Waals surface area (Å²) in [5, 5.41) is 5.82. The second-order valence-corrected chi connectivity index (χ2v) is 5.66. The second kappa shape index (κ2) is 7.31. The molecule has 0 unspecified atom stereocenters. The monoisotopic (exact) mass is 355 g/mol. The van der Waals surface area contributed by atoms with Crippen LogP contribution in [0.1, 0.15) is 5.56 Å². The van der Waals surface area contributed by atoms with Crippen molar-refractivity contribution in [2.24, 2.45) is 5.10 Å². The topological polar surface area (TPSA) is 54.4 Å². The van der Waals surface area contributed by atoms with Crippen molar-refractivity contribution < 1.29 is 14.3 Å². The number of rotatable bonds is 5. The average molecular weight is 355 g/mol. The van der Waals surface area contributed by atoms with Gasteiger partial charge in [-0.25, -0.2) is 0 Å². The van der Waals surface area contributed by atoms with Gasteiger partial charge in [-0.1, -0.05) is 0 Å². The average Bonchev–Trinajstić information content (AvgIpc) is 2.94. The van der Waals surface area contributed by atoms with Crippen molar-refractivity contribution in [3.8, 4) is 11.5 Å². The summed E-state index contributed by atoms with van der Waals surface area (Å²) in [5.41, 5.74) is 1.67.